The summed E-state index contributed by atoms with van der Waals surface area (Å²) >= 11 is 0. The van der Waals surface area contributed by atoms with Crippen molar-refractivity contribution >= 4 is 5.69 Å². The fraction of sp³-hybridized carbons (Fsp3) is 0.667. The van der Waals surface area contributed by atoms with Gasteiger partial charge in [-0.15, -0.1) is 0 Å². The summed E-state index contributed by atoms with van der Waals surface area (Å²) in [5.41, 5.74) is 1.05. The second-order valence-electron chi connectivity index (χ2n) is 4.40. The van der Waals surface area contributed by atoms with E-state index in [-0.39, 0.29) is 0 Å². The molecule has 0 aliphatic heterocycles. The first-order valence-electron chi connectivity index (χ1n) is 5.90. The van der Waals surface area contributed by atoms with Gasteiger partial charge in [0.25, 0.3) is 0 Å². The highest BCUT2D eigenvalue weighted by atomic mass is 15.0. The largest absolute Gasteiger partial charge is 0.380 e. The molecule has 3 heteroatoms. The van der Waals surface area contributed by atoms with Crippen LogP contribution in [0.4, 0.5) is 5.69 Å². The lowest BCUT2D eigenvalue weighted by atomic mass is 9.84. The van der Waals surface area contributed by atoms with E-state index in [2.05, 4.69) is 22.2 Å². The van der Waals surface area contributed by atoms with E-state index in [1.54, 1.807) is 6.33 Å². The van der Waals surface area contributed by atoms with Gasteiger partial charge in [0, 0.05) is 6.04 Å². The van der Waals surface area contributed by atoms with Gasteiger partial charge >= 0.3 is 0 Å². The molecule has 15 heavy (non-hydrogen) atoms. The van der Waals surface area contributed by atoms with Crippen molar-refractivity contribution in [2.45, 2.75) is 45.1 Å². The minimum Gasteiger partial charge on any atom is -0.380 e. The summed E-state index contributed by atoms with van der Waals surface area (Å²) in [6.07, 6.45) is 11.9. The Kier molecular flexibility index (Phi) is 3.54. The lowest BCUT2D eigenvalue weighted by molar-refractivity contribution is 0.330. The summed E-state index contributed by atoms with van der Waals surface area (Å²) in [6.45, 7) is 2.30. The minimum absolute atomic E-state index is 0.624. The topological polar surface area (TPSA) is 37.8 Å². The van der Waals surface area contributed by atoms with Crippen LogP contribution >= 0.6 is 0 Å². The molecule has 0 atom stereocenters. The molecule has 1 fully saturated rings. The van der Waals surface area contributed by atoms with E-state index in [1.165, 1.54) is 32.1 Å². The van der Waals surface area contributed by atoms with E-state index in [9.17, 15) is 0 Å². The van der Waals surface area contributed by atoms with E-state index < -0.39 is 0 Å². The Morgan fingerprint density at radius 3 is 2.47 bits per heavy atom. The quantitative estimate of drug-likeness (QED) is 0.824. The van der Waals surface area contributed by atoms with Crippen molar-refractivity contribution in [1.29, 1.82) is 0 Å². The van der Waals surface area contributed by atoms with Gasteiger partial charge < -0.3 is 5.32 Å². The third-order valence-corrected chi connectivity index (χ3v) is 3.36. The Balaban J connectivity index is 1.82. The van der Waals surface area contributed by atoms with Gasteiger partial charge in [-0.25, -0.2) is 9.97 Å². The zero-order valence-corrected chi connectivity index (χ0v) is 9.32. The fourth-order valence-electron chi connectivity index (χ4n) is 2.32. The maximum atomic E-state index is 4.01. The highest BCUT2D eigenvalue weighted by Crippen LogP contribution is 2.28. The SMILES string of the molecule is CCC1CCC(Nc2cncnc2)CC1. The molecule has 1 heterocycles. The van der Waals surface area contributed by atoms with Crippen molar-refractivity contribution in [2.24, 2.45) is 5.92 Å². The molecule has 1 aliphatic rings. The van der Waals surface area contributed by atoms with Crippen molar-refractivity contribution in [1.82, 2.24) is 9.97 Å². The number of aromatic nitrogens is 2. The Bertz CT molecular complexity index is 278. The highest BCUT2D eigenvalue weighted by molar-refractivity contribution is 5.38. The first-order valence-corrected chi connectivity index (χ1v) is 5.90. The first kappa shape index (κ1) is 10.4. The van der Waals surface area contributed by atoms with Crippen LogP contribution in [0.3, 0.4) is 0 Å². The molecule has 3 nitrogen and oxygen atoms in total. The number of rotatable bonds is 3. The molecule has 82 valence electrons. The number of hydrogen-bond acceptors (Lipinski definition) is 3. The molecule has 0 spiro atoms. The molecular formula is C12H19N3. The normalized spacial score (nSPS) is 26.2. The van der Waals surface area contributed by atoms with Crippen LogP contribution in [-0.4, -0.2) is 16.0 Å². The number of hydrogen-bond donors (Lipinski definition) is 1. The third kappa shape index (κ3) is 2.91. The van der Waals surface area contributed by atoms with E-state index in [1.807, 2.05) is 12.4 Å². The predicted molar refractivity (Wildman–Crippen MR) is 61.7 cm³/mol. The van der Waals surface area contributed by atoms with Gasteiger partial charge in [-0.2, -0.15) is 0 Å². The van der Waals surface area contributed by atoms with Crippen molar-refractivity contribution in [3.63, 3.8) is 0 Å². The zero-order valence-electron chi connectivity index (χ0n) is 9.32. The van der Waals surface area contributed by atoms with Crippen molar-refractivity contribution < 1.29 is 0 Å². The second kappa shape index (κ2) is 5.10. The van der Waals surface area contributed by atoms with Gasteiger partial charge in [-0.05, 0) is 31.6 Å². The zero-order chi connectivity index (χ0) is 10.5. The van der Waals surface area contributed by atoms with Gasteiger partial charge in [0.05, 0.1) is 18.1 Å². The van der Waals surface area contributed by atoms with Crippen molar-refractivity contribution in [3.05, 3.63) is 18.7 Å². The molecule has 0 unspecified atom stereocenters. The van der Waals surface area contributed by atoms with E-state index >= 15 is 0 Å². The van der Waals surface area contributed by atoms with Crippen LogP contribution in [0.5, 0.6) is 0 Å². The smallest absolute Gasteiger partial charge is 0.115 e. The standard InChI is InChI=1S/C12H19N3/c1-2-10-3-5-11(6-4-10)15-12-7-13-9-14-8-12/h7-11,15H,2-6H2,1H3. The first-order chi connectivity index (χ1) is 7.38. The number of anilines is 1. The van der Waals surface area contributed by atoms with Crippen LogP contribution in [0.2, 0.25) is 0 Å². The van der Waals surface area contributed by atoms with Crippen LogP contribution < -0.4 is 5.32 Å². The summed E-state index contributed by atoms with van der Waals surface area (Å²) < 4.78 is 0. The van der Waals surface area contributed by atoms with Gasteiger partial charge in [0.1, 0.15) is 6.33 Å². The Morgan fingerprint density at radius 1 is 1.20 bits per heavy atom. The van der Waals surface area contributed by atoms with Crippen LogP contribution in [0, 0.1) is 5.92 Å². The van der Waals surface area contributed by atoms with E-state index in [0.717, 1.165) is 11.6 Å². The van der Waals surface area contributed by atoms with Crippen LogP contribution in [-0.2, 0) is 0 Å². The predicted octanol–water partition coefficient (Wildman–Crippen LogP) is 2.86. The molecule has 0 bridgehead atoms. The van der Waals surface area contributed by atoms with Crippen molar-refractivity contribution in [3.8, 4) is 0 Å². The van der Waals surface area contributed by atoms with Crippen LogP contribution in [0.15, 0.2) is 18.7 Å². The summed E-state index contributed by atoms with van der Waals surface area (Å²) in [5.74, 6) is 0.954. The molecule has 1 aliphatic carbocycles. The summed E-state index contributed by atoms with van der Waals surface area (Å²) in [7, 11) is 0. The van der Waals surface area contributed by atoms with Gasteiger partial charge in [0.2, 0.25) is 0 Å². The van der Waals surface area contributed by atoms with E-state index in [4.69, 9.17) is 0 Å². The number of nitrogens with zero attached hydrogens (tertiary/aromatic N) is 2. The molecule has 0 aromatic carbocycles. The van der Waals surface area contributed by atoms with Crippen LogP contribution in [0.25, 0.3) is 0 Å². The molecular weight excluding hydrogens is 186 g/mol. The number of nitrogens with one attached hydrogen (secondary N) is 1. The average molecular weight is 205 g/mol. The second-order valence-corrected chi connectivity index (χ2v) is 4.40. The lowest BCUT2D eigenvalue weighted by Gasteiger charge is -2.28. The Hall–Kier alpha value is -1.12. The Morgan fingerprint density at radius 2 is 1.87 bits per heavy atom. The molecule has 0 radical (unpaired) electrons. The maximum absolute atomic E-state index is 4.01. The molecule has 1 aromatic heterocycles. The monoisotopic (exact) mass is 205 g/mol. The van der Waals surface area contributed by atoms with Crippen molar-refractivity contribution in [2.75, 3.05) is 5.32 Å². The summed E-state index contributed by atoms with van der Waals surface area (Å²) in [6, 6.07) is 0.624. The molecule has 2 rings (SSSR count). The molecule has 0 amide bonds. The molecule has 1 aromatic rings. The van der Waals surface area contributed by atoms with Gasteiger partial charge in [-0.3, -0.25) is 0 Å². The summed E-state index contributed by atoms with van der Waals surface area (Å²) in [4.78, 5) is 8.02. The molecule has 1 N–H and O–H groups in total. The summed E-state index contributed by atoms with van der Waals surface area (Å²) in [5, 5.41) is 3.50. The average Bonchev–Trinajstić information content (AvgIpc) is 2.31. The fourth-order valence-corrected chi connectivity index (χ4v) is 2.32. The van der Waals surface area contributed by atoms with E-state index in [0.29, 0.717) is 6.04 Å². The highest BCUT2D eigenvalue weighted by Gasteiger charge is 2.19. The minimum atomic E-state index is 0.624. The molecule has 1 saturated carbocycles. The third-order valence-electron chi connectivity index (χ3n) is 3.36. The maximum Gasteiger partial charge on any atom is 0.115 e. The lowest BCUT2D eigenvalue weighted by Crippen LogP contribution is -2.25. The van der Waals surface area contributed by atoms with Gasteiger partial charge in [0.15, 0.2) is 0 Å². The van der Waals surface area contributed by atoms with Gasteiger partial charge in [-0.1, -0.05) is 13.3 Å². The van der Waals surface area contributed by atoms with Crippen LogP contribution in [0.1, 0.15) is 39.0 Å². The molecule has 0 saturated heterocycles. The Labute approximate surface area is 91.3 Å².